The van der Waals surface area contributed by atoms with Gasteiger partial charge in [-0.2, -0.15) is 13.2 Å². The first-order valence-corrected chi connectivity index (χ1v) is 10.3. The van der Waals surface area contributed by atoms with Crippen LogP contribution in [0.5, 0.6) is 0 Å². The molecule has 2 aromatic carbocycles. The van der Waals surface area contributed by atoms with Crippen LogP contribution in [0.1, 0.15) is 26.5 Å². The fraction of sp³-hybridized carbons (Fsp3) is 0.227. The van der Waals surface area contributed by atoms with Gasteiger partial charge in [0.05, 0.1) is 17.8 Å². The summed E-state index contributed by atoms with van der Waals surface area (Å²) in [5.74, 6) is -0.763. The van der Waals surface area contributed by atoms with Gasteiger partial charge in [-0.1, -0.05) is 42.5 Å². The molecule has 0 saturated heterocycles. The van der Waals surface area contributed by atoms with E-state index in [0.29, 0.717) is 34.1 Å². The Morgan fingerprint density at radius 1 is 1.00 bits per heavy atom. The number of alkyl halides is 3. The SMILES string of the molecule is Cc1nc(-c2ccc(C(F)(F)F)cc2)sc1C(=O)NCC(=O)NCCc1ccccc1. The van der Waals surface area contributed by atoms with Gasteiger partial charge < -0.3 is 10.6 Å². The molecule has 0 aliphatic rings. The maximum absolute atomic E-state index is 12.7. The molecule has 1 aromatic heterocycles. The molecule has 0 bridgehead atoms. The first-order valence-electron chi connectivity index (χ1n) is 9.48. The first kappa shape index (κ1) is 22.5. The number of aromatic nitrogens is 1. The Morgan fingerprint density at radius 3 is 2.32 bits per heavy atom. The Kier molecular flexibility index (Phi) is 7.06. The fourth-order valence-corrected chi connectivity index (χ4v) is 3.81. The lowest BCUT2D eigenvalue weighted by molar-refractivity contribution is -0.137. The molecule has 3 aromatic rings. The van der Waals surface area contributed by atoms with Gasteiger partial charge in [0, 0.05) is 12.1 Å². The van der Waals surface area contributed by atoms with Crippen molar-refractivity contribution in [3.05, 3.63) is 76.3 Å². The standard InChI is InChI=1S/C22H20F3N3O2S/c1-14-19(31-21(28-14)16-7-9-17(10-8-16)22(23,24)25)20(30)27-13-18(29)26-12-11-15-5-3-2-4-6-15/h2-10H,11-13H2,1H3,(H,26,29)(H,27,30). The summed E-state index contributed by atoms with van der Waals surface area (Å²) in [5, 5.41) is 5.73. The number of hydrogen-bond acceptors (Lipinski definition) is 4. The second-order valence-corrected chi connectivity index (χ2v) is 7.78. The second kappa shape index (κ2) is 9.74. The fourth-order valence-electron chi connectivity index (χ4n) is 2.83. The lowest BCUT2D eigenvalue weighted by Gasteiger charge is -2.07. The summed E-state index contributed by atoms with van der Waals surface area (Å²) < 4.78 is 38.1. The first-order chi connectivity index (χ1) is 14.7. The molecule has 1 heterocycles. The van der Waals surface area contributed by atoms with Crippen LogP contribution in [0.25, 0.3) is 10.6 Å². The van der Waals surface area contributed by atoms with Crippen LogP contribution < -0.4 is 10.6 Å². The molecule has 0 aliphatic carbocycles. The Bertz CT molecular complexity index is 1050. The summed E-state index contributed by atoms with van der Waals surface area (Å²) in [6.07, 6.45) is -3.73. The van der Waals surface area contributed by atoms with Crippen LogP contribution in [-0.2, 0) is 17.4 Å². The smallest absolute Gasteiger partial charge is 0.354 e. The summed E-state index contributed by atoms with van der Waals surface area (Å²) >= 11 is 1.06. The van der Waals surface area contributed by atoms with Crippen molar-refractivity contribution in [2.75, 3.05) is 13.1 Å². The van der Waals surface area contributed by atoms with Gasteiger partial charge >= 0.3 is 6.18 Å². The van der Waals surface area contributed by atoms with Crippen molar-refractivity contribution in [3.63, 3.8) is 0 Å². The number of nitrogens with zero attached hydrogens (tertiary/aromatic N) is 1. The summed E-state index contributed by atoms with van der Waals surface area (Å²) in [5.41, 5.74) is 1.28. The Hall–Kier alpha value is -3.20. The molecule has 0 aliphatic heterocycles. The number of hydrogen-bond donors (Lipinski definition) is 2. The van der Waals surface area contributed by atoms with Crippen LogP contribution in [0.4, 0.5) is 13.2 Å². The number of carbonyl (C=O) groups excluding carboxylic acids is 2. The van der Waals surface area contributed by atoms with Gasteiger partial charge in [0.1, 0.15) is 9.88 Å². The summed E-state index contributed by atoms with van der Waals surface area (Å²) in [6.45, 7) is 1.91. The molecular formula is C22H20F3N3O2S. The van der Waals surface area contributed by atoms with Crippen molar-refractivity contribution in [1.82, 2.24) is 15.6 Å². The number of rotatable bonds is 7. The lowest BCUT2D eigenvalue weighted by Crippen LogP contribution is -2.37. The van der Waals surface area contributed by atoms with Crippen molar-refractivity contribution < 1.29 is 22.8 Å². The van der Waals surface area contributed by atoms with Gasteiger partial charge in [-0.15, -0.1) is 11.3 Å². The maximum atomic E-state index is 12.7. The van der Waals surface area contributed by atoms with E-state index in [1.54, 1.807) is 6.92 Å². The van der Waals surface area contributed by atoms with E-state index in [0.717, 1.165) is 29.0 Å². The molecular weight excluding hydrogens is 427 g/mol. The van der Waals surface area contributed by atoms with Gasteiger partial charge in [-0.3, -0.25) is 9.59 Å². The molecule has 0 spiro atoms. The number of amides is 2. The average molecular weight is 447 g/mol. The maximum Gasteiger partial charge on any atom is 0.416 e. The molecule has 3 rings (SSSR count). The zero-order valence-electron chi connectivity index (χ0n) is 16.6. The number of halogens is 3. The minimum absolute atomic E-state index is 0.180. The third-order valence-electron chi connectivity index (χ3n) is 4.45. The van der Waals surface area contributed by atoms with Gasteiger partial charge in [0.15, 0.2) is 0 Å². The highest BCUT2D eigenvalue weighted by Gasteiger charge is 2.30. The van der Waals surface area contributed by atoms with Crippen molar-refractivity contribution >= 4 is 23.2 Å². The minimum atomic E-state index is -4.41. The predicted molar refractivity (Wildman–Crippen MR) is 113 cm³/mol. The number of nitrogens with one attached hydrogen (secondary N) is 2. The van der Waals surface area contributed by atoms with Crippen molar-refractivity contribution in [3.8, 4) is 10.6 Å². The van der Waals surface area contributed by atoms with Crippen molar-refractivity contribution in [2.45, 2.75) is 19.5 Å². The summed E-state index contributed by atoms with van der Waals surface area (Å²) in [7, 11) is 0. The third-order valence-corrected chi connectivity index (χ3v) is 5.66. The highest BCUT2D eigenvalue weighted by molar-refractivity contribution is 7.17. The molecule has 0 atom stereocenters. The number of aryl methyl sites for hydroxylation is 1. The van der Waals surface area contributed by atoms with Crippen LogP contribution in [0.15, 0.2) is 54.6 Å². The van der Waals surface area contributed by atoms with E-state index >= 15 is 0 Å². The largest absolute Gasteiger partial charge is 0.416 e. The van der Waals surface area contributed by atoms with E-state index in [2.05, 4.69) is 15.6 Å². The zero-order chi connectivity index (χ0) is 22.4. The Morgan fingerprint density at radius 2 is 1.68 bits per heavy atom. The average Bonchev–Trinajstić information content (AvgIpc) is 3.14. The molecule has 5 nitrogen and oxygen atoms in total. The zero-order valence-corrected chi connectivity index (χ0v) is 17.4. The normalized spacial score (nSPS) is 11.2. The van der Waals surface area contributed by atoms with E-state index in [1.807, 2.05) is 30.3 Å². The predicted octanol–water partition coefficient (Wildman–Crippen LogP) is 4.23. The third kappa shape index (κ3) is 6.14. The minimum Gasteiger partial charge on any atom is -0.354 e. The second-order valence-electron chi connectivity index (χ2n) is 6.78. The van der Waals surface area contributed by atoms with Crippen LogP contribution in [0.2, 0.25) is 0 Å². The quantitative estimate of drug-likeness (QED) is 0.570. The van der Waals surface area contributed by atoms with Gasteiger partial charge in [0.25, 0.3) is 5.91 Å². The number of thiazole rings is 1. The molecule has 162 valence electrons. The Labute approximate surface area is 181 Å². The summed E-state index contributed by atoms with van der Waals surface area (Å²) in [6, 6.07) is 14.3. The van der Waals surface area contributed by atoms with Crippen LogP contribution in [0, 0.1) is 6.92 Å². The van der Waals surface area contributed by atoms with E-state index in [-0.39, 0.29) is 12.5 Å². The van der Waals surface area contributed by atoms with Crippen molar-refractivity contribution in [1.29, 1.82) is 0 Å². The number of benzene rings is 2. The molecule has 0 unspecified atom stereocenters. The molecule has 0 radical (unpaired) electrons. The molecule has 31 heavy (non-hydrogen) atoms. The molecule has 0 saturated carbocycles. The van der Waals surface area contributed by atoms with Gasteiger partial charge in [-0.05, 0) is 31.0 Å². The molecule has 0 fully saturated rings. The van der Waals surface area contributed by atoms with E-state index in [9.17, 15) is 22.8 Å². The Balaban J connectivity index is 1.54. The van der Waals surface area contributed by atoms with Crippen LogP contribution in [0.3, 0.4) is 0 Å². The van der Waals surface area contributed by atoms with E-state index in [1.165, 1.54) is 12.1 Å². The lowest BCUT2D eigenvalue weighted by atomic mass is 10.1. The molecule has 9 heteroatoms. The summed E-state index contributed by atoms with van der Waals surface area (Å²) in [4.78, 5) is 29.0. The van der Waals surface area contributed by atoms with Crippen LogP contribution in [-0.4, -0.2) is 29.9 Å². The number of carbonyl (C=O) groups is 2. The molecule has 2 N–H and O–H groups in total. The topological polar surface area (TPSA) is 71.1 Å². The highest BCUT2D eigenvalue weighted by atomic mass is 32.1. The van der Waals surface area contributed by atoms with Gasteiger partial charge in [-0.25, -0.2) is 4.98 Å². The highest BCUT2D eigenvalue weighted by Crippen LogP contribution is 2.32. The van der Waals surface area contributed by atoms with E-state index in [4.69, 9.17) is 0 Å². The van der Waals surface area contributed by atoms with Crippen molar-refractivity contribution in [2.24, 2.45) is 0 Å². The van der Waals surface area contributed by atoms with Crippen LogP contribution >= 0.6 is 11.3 Å². The monoisotopic (exact) mass is 447 g/mol. The molecule has 2 amide bonds. The van der Waals surface area contributed by atoms with E-state index < -0.39 is 17.6 Å². The van der Waals surface area contributed by atoms with Gasteiger partial charge in [0.2, 0.25) is 5.91 Å².